The molecule has 0 saturated carbocycles. The van der Waals surface area contributed by atoms with Crippen LogP contribution in [0.4, 0.5) is 0 Å². The Morgan fingerprint density at radius 2 is 2.14 bits per heavy atom. The van der Waals surface area contributed by atoms with Gasteiger partial charge in [0.2, 0.25) is 0 Å². The van der Waals surface area contributed by atoms with Crippen molar-refractivity contribution in [1.82, 2.24) is 15.5 Å². The highest BCUT2D eigenvalue weighted by Gasteiger charge is 2.36. The molecule has 1 aliphatic heterocycles. The molecule has 1 aromatic rings. The van der Waals surface area contributed by atoms with Crippen LogP contribution in [0.15, 0.2) is 17.1 Å². The number of likely N-dealkylation sites (N-methyl/N-ethyl adjacent to an activating group) is 1. The molecular weight excluding hydrogens is 427 g/mol. The zero-order chi connectivity index (χ0) is 15.3. The summed E-state index contributed by atoms with van der Waals surface area (Å²) in [5.41, 5.74) is 0.252. The van der Waals surface area contributed by atoms with Gasteiger partial charge >= 0.3 is 0 Å². The van der Waals surface area contributed by atoms with E-state index in [4.69, 9.17) is 0 Å². The number of nitrogens with one attached hydrogen (secondary N) is 2. The number of halogens is 1. The van der Waals surface area contributed by atoms with Crippen LogP contribution in [0.3, 0.4) is 0 Å². The molecule has 0 amide bonds. The van der Waals surface area contributed by atoms with Crippen LogP contribution in [-0.2, 0) is 6.54 Å². The highest BCUT2D eigenvalue weighted by molar-refractivity contribution is 14.0. The molecule has 1 aliphatic rings. The Labute approximate surface area is 159 Å². The molecule has 0 aliphatic carbocycles. The first-order valence-electron chi connectivity index (χ1n) is 7.31. The minimum absolute atomic E-state index is 0. The molecule has 0 aromatic carbocycles. The van der Waals surface area contributed by atoms with Crippen LogP contribution in [0.1, 0.15) is 16.2 Å². The minimum atomic E-state index is 0. The maximum absolute atomic E-state index is 4.34. The quantitative estimate of drug-likeness (QED) is 0.408. The van der Waals surface area contributed by atoms with Gasteiger partial charge in [-0.15, -0.1) is 35.3 Å². The number of aryl methyl sites for hydroxylation is 1. The summed E-state index contributed by atoms with van der Waals surface area (Å²) in [5.74, 6) is 3.33. The maximum Gasteiger partial charge on any atom is 0.191 e. The van der Waals surface area contributed by atoms with Gasteiger partial charge in [0.25, 0.3) is 0 Å². The van der Waals surface area contributed by atoms with Gasteiger partial charge < -0.3 is 15.5 Å². The summed E-state index contributed by atoms with van der Waals surface area (Å²) < 4.78 is 0. The molecule has 0 radical (unpaired) electrons. The standard InChI is InChI=1S/C15H26N4S2.HI/c1-12-5-6-13(21-12)9-17-14(16-2)18-10-15(19(3)4)7-8-20-11-15;/h5-6H,7-11H2,1-4H3,(H2,16,17,18);1H. The van der Waals surface area contributed by atoms with Crippen molar-refractivity contribution in [3.05, 3.63) is 21.9 Å². The van der Waals surface area contributed by atoms with E-state index in [0.717, 1.165) is 19.0 Å². The highest BCUT2D eigenvalue weighted by atomic mass is 127. The minimum Gasteiger partial charge on any atom is -0.355 e. The zero-order valence-electron chi connectivity index (χ0n) is 13.8. The molecule has 0 bridgehead atoms. The second-order valence-corrected chi connectivity index (χ2v) is 8.19. The Balaban J connectivity index is 0.00000242. The van der Waals surface area contributed by atoms with Crippen molar-refractivity contribution < 1.29 is 0 Å². The van der Waals surface area contributed by atoms with E-state index in [1.807, 2.05) is 30.1 Å². The number of rotatable bonds is 5. The Bertz CT molecular complexity index is 482. The Kier molecular flexibility index (Phi) is 8.52. The van der Waals surface area contributed by atoms with Gasteiger partial charge in [0.05, 0.1) is 6.54 Å². The van der Waals surface area contributed by atoms with Gasteiger partial charge in [0, 0.05) is 34.6 Å². The number of aliphatic imine (C=N–C) groups is 1. The van der Waals surface area contributed by atoms with E-state index < -0.39 is 0 Å². The van der Waals surface area contributed by atoms with Gasteiger partial charge in [-0.25, -0.2) is 0 Å². The lowest BCUT2D eigenvalue weighted by molar-refractivity contribution is 0.183. The molecule has 0 spiro atoms. The Morgan fingerprint density at radius 1 is 1.36 bits per heavy atom. The van der Waals surface area contributed by atoms with E-state index in [1.165, 1.54) is 27.7 Å². The zero-order valence-corrected chi connectivity index (χ0v) is 17.8. The summed E-state index contributed by atoms with van der Waals surface area (Å²) >= 11 is 3.87. The Hall–Kier alpha value is 0.01000. The van der Waals surface area contributed by atoms with Crippen LogP contribution in [-0.4, -0.2) is 55.6 Å². The fourth-order valence-electron chi connectivity index (χ4n) is 2.47. The third kappa shape index (κ3) is 5.28. The predicted octanol–water partition coefficient (Wildman–Crippen LogP) is 2.78. The Morgan fingerprint density at radius 3 is 2.64 bits per heavy atom. The van der Waals surface area contributed by atoms with Crippen molar-refractivity contribution in [3.8, 4) is 0 Å². The molecule has 2 N–H and O–H groups in total. The monoisotopic (exact) mass is 454 g/mol. The second kappa shape index (κ2) is 9.34. The summed E-state index contributed by atoms with van der Waals surface area (Å²) in [6, 6.07) is 4.34. The summed E-state index contributed by atoms with van der Waals surface area (Å²) in [4.78, 5) is 9.39. The first-order valence-corrected chi connectivity index (χ1v) is 9.28. The summed E-state index contributed by atoms with van der Waals surface area (Å²) in [7, 11) is 6.19. The molecule has 2 heterocycles. The highest BCUT2D eigenvalue weighted by Crippen LogP contribution is 2.31. The smallest absolute Gasteiger partial charge is 0.191 e. The van der Waals surface area contributed by atoms with Gasteiger partial charge in [-0.1, -0.05) is 0 Å². The average Bonchev–Trinajstić information content (AvgIpc) is 3.09. The lowest BCUT2D eigenvalue weighted by Gasteiger charge is -2.36. The van der Waals surface area contributed by atoms with Gasteiger partial charge in [-0.05, 0) is 45.3 Å². The summed E-state index contributed by atoms with van der Waals surface area (Å²) in [5, 5.41) is 6.90. The SMILES string of the molecule is CN=C(NCc1ccc(C)s1)NCC1(N(C)C)CCSC1.I. The third-order valence-corrected chi connectivity index (χ3v) is 6.30. The van der Waals surface area contributed by atoms with E-state index in [0.29, 0.717) is 0 Å². The van der Waals surface area contributed by atoms with E-state index in [-0.39, 0.29) is 29.5 Å². The van der Waals surface area contributed by atoms with E-state index in [1.54, 1.807) is 0 Å². The lowest BCUT2D eigenvalue weighted by Crippen LogP contribution is -2.54. The predicted molar refractivity (Wildman–Crippen MR) is 111 cm³/mol. The molecule has 1 unspecified atom stereocenters. The van der Waals surface area contributed by atoms with Crippen LogP contribution in [0.25, 0.3) is 0 Å². The van der Waals surface area contributed by atoms with E-state index in [9.17, 15) is 0 Å². The largest absolute Gasteiger partial charge is 0.355 e. The fourth-order valence-corrected chi connectivity index (χ4v) is 4.85. The van der Waals surface area contributed by atoms with Crippen LogP contribution in [0.5, 0.6) is 0 Å². The van der Waals surface area contributed by atoms with Gasteiger partial charge in [-0.2, -0.15) is 11.8 Å². The first-order chi connectivity index (χ1) is 10.1. The van der Waals surface area contributed by atoms with Gasteiger partial charge in [0.15, 0.2) is 5.96 Å². The number of thiophene rings is 1. The molecule has 1 atom stereocenters. The molecule has 1 aromatic heterocycles. The molecule has 7 heteroatoms. The normalized spacial score (nSPS) is 21.8. The number of thioether (sulfide) groups is 1. The topological polar surface area (TPSA) is 39.7 Å². The molecule has 22 heavy (non-hydrogen) atoms. The fraction of sp³-hybridized carbons (Fsp3) is 0.667. The molecule has 2 rings (SSSR count). The van der Waals surface area contributed by atoms with Crippen molar-refractivity contribution in [2.45, 2.75) is 25.4 Å². The first kappa shape index (κ1) is 20.1. The molecule has 126 valence electrons. The van der Waals surface area contributed by atoms with Crippen LogP contribution in [0.2, 0.25) is 0 Å². The van der Waals surface area contributed by atoms with Crippen molar-refractivity contribution in [2.75, 3.05) is 39.2 Å². The average molecular weight is 454 g/mol. The van der Waals surface area contributed by atoms with E-state index >= 15 is 0 Å². The summed E-state index contributed by atoms with van der Waals surface area (Å²) in [6.07, 6.45) is 1.23. The van der Waals surface area contributed by atoms with Crippen molar-refractivity contribution in [1.29, 1.82) is 0 Å². The number of guanidine groups is 1. The van der Waals surface area contributed by atoms with Gasteiger partial charge in [0.1, 0.15) is 0 Å². The molecule has 4 nitrogen and oxygen atoms in total. The number of hydrogen-bond donors (Lipinski definition) is 2. The molecule has 1 saturated heterocycles. The van der Waals surface area contributed by atoms with Crippen LogP contribution in [0, 0.1) is 6.92 Å². The van der Waals surface area contributed by atoms with E-state index in [2.05, 4.69) is 53.7 Å². The van der Waals surface area contributed by atoms with Crippen molar-refractivity contribution >= 4 is 53.0 Å². The lowest BCUT2D eigenvalue weighted by atomic mass is 9.97. The summed E-state index contributed by atoms with van der Waals surface area (Å²) in [6.45, 7) is 3.91. The maximum atomic E-state index is 4.34. The molecule has 1 fully saturated rings. The van der Waals surface area contributed by atoms with Crippen molar-refractivity contribution in [2.24, 2.45) is 4.99 Å². The second-order valence-electron chi connectivity index (χ2n) is 5.71. The number of hydrogen-bond acceptors (Lipinski definition) is 4. The van der Waals surface area contributed by atoms with Crippen LogP contribution >= 0.6 is 47.1 Å². The molecular formula is C15H27IN4S2. The number of nitrogens with zero attached hydrogens (tertiary/aromatic N) is 2. The third-order valence-electron chi connectivity index (χ3n) is 4.07. The van der Waals surface area contributed by atoms with Crippen LogP contribution < -0.4 is 10.6 Å². The van der Waals surface area contributed by atoms with Crippen molar-refractivity contribution in [3.63, 3.8) is 0 Å². The van der Waals surface area contributed by atoms with Gasteiger partial charge in [-0.3, -0.25) is 4.99 Å².